The SMILES string of the molecule is C=C(C)C(O)C1CC(C2CCC34CC23CCC2C3(C)CCC(OC(=O)C=C(C)C)C(C)(C)C3CC(O)C24C)C(OC)O1. The lowest BCUT2D eigenvalue weighted by molar-refractivity contribution is -0.245. The lowest BCUT2D eigenvalue weighted by Gasteiger charge is -2.68. The lowest BCUT2D eigenvalue weighted by Crippen LogP contribution is -2.66. The molecule has 1 heterocycles. The van der Waals surface area contributed by atoms with Gasteiger partial charge in [-0.2, -0.15) is 0 Å². The van der Waals surface area contributed by atoms with E-state index in [0.29, 0.717) is 17.8 Å². The van der Waals surface area contributed by atoms with E-state index >= 15 is 0 Å². The highest BCUT2D eigenvalue weighted by Crippen LogP contribution is 2.91. The number of aliphatic hydroxyl groups is 2. The second-order valence-electron chi connectivity index (χ2n) is 16.7. The monoisotopic (exact) mass is 584 g/mol. The third-order valence-corrected chi connectivity index (χ3v) is 14.5. The van der Waals surface area contributed by atoms with Gasteiger partial charge in [-0.25, -0.2) is 4.79 Å². The van der Waals surface area contributed by atoms with Crippen LogP contribution < -0.4 is 0 Å². The van der Waals surface area contributed by atoms with Gasteiger partial charge in [-0.05, 0) is 118 Å². The summed E-state index contributed by atoms with van der Waals surface area (Å²) in [5.41, 5.74) is 1.83. The number of carbonyl (C=O) groups is 1. The van der Waals surface area contributed by atoms with Gasteiger partial charge in [0.2, 0.25) is 0 Å². The summed E-state index contributed by atoms with van der Waals surface area (Å²) in [6.07, 6.45) is 9.21. The second-order valence-corrected chi connectivity index (χ2v) is 16.7. The highest BCUT2D eigenvalue weighted by atomic mass is 16.7. The summed E-state index contributed by atoms with van der Waals surface area (Å²) in [5, 5.41) is 23.1. The summed E-state index contributed by atoms with van der Waals surface area (Å²) >= 11 is 0. The normalized spacial score (nSPS) is 50.9. The molecule has 6 aliphatic rings. The molecule has 13 unspecified atom stereocenters. The fraction of sp³-hybridized carbons (Fsp3) is 0.861. The van der Waals surface area contributed by atoms with Crippen LogP contribution in [0.3, 0.4) is 0 Å². The van der Waals surface area contributed by atoms with Crippen LogP contribution in [0.15, 0.2) is 23.8 Å². The van der Waals surface area contributed by atoms with E-state index in [4.69, 9.17) is 14.2 Å². The summed E-state index contributed by atoms with van der Waals surface area (Å²) < 4.78 is 18.3. The number of rotatable bonds is 6. The number of aliphatic hydroxyl groups excluding tert-OH is 2. The van der Waals surface area contributed by atoms with Crippen molar-refractivity contribution < 1.29 is 29.2 Å². The predicted molar refractivity (Wildman–Crippen MR) is 162 cm³/mol. The smallest absolute Gasteiger partial charge is 0.330 e. The van der Waals surface area contributed by atoms with Crippen LogP contribution in [0.2, 0.25) is 0 Å². The Kier molecular flexibility index (Phi) is 7.26. The Balaban J connectivity index is 1.27. The zero-order valence-electron chi connectivity index (χ0n) is 27.4. The molecule has 0 aromatic heterocycles. The molecule has 0 bridgehead atoms. The molecule has 6 nitrogen and oxygen atoms in total. The van der Waals surface area contributed by atoms with Gasteiger partial charge in [0.25, 0.3) is 0 Å². The highest BCUT2D eigenvalue weighted by Gasteiger charge is 2.85. The number of hydrogen-bond donors (Lipinski definition) is 2. The van der Waals surface area contributed by atoms with E-state index < -0.39 is 6.10 Å². The summed E-state index contributed by atoms with van der Waals surface area (Å²) in [6.45, 7) is 19.2. The molecule has 236 valence electrons. The molecular weight excluding hydrogens is 528 g/mol. The molecule has 13 atom stereocenters. The van der Waals surface area contributed by atoms with Crippen molar-refractivity contribution in [1.82, 2.24) is 0 Å². The molecule has 0 aromatic carbocycles. The van der Waals surface area contributed by atoms with Crippen LogP contribution in [0, 0.1) is 50.7 Å². The first-order valence-corrected chi connectivity index (χ1v) is 16.6. The second kappa shape index (κ2) is 9.89. The minimum atomic E-state index is -0.666. The van der Waals surface area contributed by atoms with Crippen LogP contribution in [0.5, 0.6) is 0 Å². The molecule has 1 saturated heterocycles. The topological polar surface area (TPSA) is 85.2 Å². The van der Waals surface area contributed by atoms with Gasteiger partial charge in [0, 0.05) is 29.9 Å². The minimum absolute atomic E-state index is 0.0979. The predicted octanol–water partition coefficient (Wildman–Crippen LogP) is 6.59. The standard InChI is InChI=1S/C36H56O6/c1-20(2)16-29(38)42-28-12-13-33(7)25-11-14-35-19-36(35,34(25,8)27(37)18-26(33)32(28,5)6)15-10-23(35)22-17-24(30(39)21(3)4)41-31(22)40-9/h16,22-28,30-31,37,39H,3,10-15,17-19H2,1-2,4-9H3. The Morgan fingerprint density at radius 2 is 1.74 bits per heavy atom. The fourth-order valence-electron chi connectivity index (χ4n) is 12.7. The lowest BCUT2D eigenvalue weighted by atomic mass is 9.37. The van der Waals surface area contributed by atoms with E-state index in [1.165, 1.54) is 12.8 Å². The first kappa shape index (κ1) is 30.8. The van der Waals surface area contributed by atoms with Crippen LogP contribution in [-0.2, 0) is 19.0 Å². The number of allylic oxidation sites excluding steroid dienone is 1. The van der Waals surface area contributed by atoms with Gasteiger partial charge >= 0.3 is 5.97 Å². The van der Waals surface area contributed by atoms with Crippen LogP contribution in [-0.4, -0.2) is 54.0 Å². The van der Waals surface area contributed by atoms with Crippen molar-refractivity contribution in [3.8, 4) is 0 Å². The van der Waals surface area contributed by atoms with Crippen LogP contribution >= 0.6 is 0 Å². The maximum Gasteiger partial charge on any atom is 0.330 e. The Labute approximate surface area is 253 Å². The fourth-order valence-corrected chi connectivity index (χ4v) is 12.7. The maximum atomic E-state index is 12.7. The van der Waals surface area contributed by atoms with Gasteiger partial charge in [-0.3, -0.25) is 0 Å². The molecule has 6 heteroatoms. The van der Waals surface area contributed by atoms with E-state index in [-0.39, 0.29) is 63.6 Å². The van der Waals surface area contributed by atoms with Crippen molar-refractivity contribution in [3.63, 3.8) is 0 Å². The number of carbonyl (C=O) groups excluding carboxylic acids is 1. The van der Waals surface area contributed by atoms with Gasteiger partial charge in [0.15, 0.2) is 6.29 Å². The van der Waals surface area contributed by atoms with E-state index in [1.54, 1.807) is 13.2 Å². The number of hydrogen-bond acceptors (Lipinski definition) is 6. The van der Waals surface area contributed by atoms with Crippen molar-refractivity contribution >= 4 is 5.97 Å². The van der Waals surface area contributed by atoms with Crippen molar-refractivity contribution in [2.24, 2.45) is 50.7 Å². The van der Waals surface area contributed by atoms with Crippen molar-refractivity contribution in [1.29, 1.82) is 0 Å². The van der Waals surface area contributed by atoms with E-state index in [0.717, 1.165) is 56.1 Å². The van der Waals surface area contributed by atoms with Gasteiger partial charge in [0.05, 0.1) is 12.2 Å². The van der Waals surface area contributed by atoms with Gasteiger partial charge in [0.1, 0.15) is 12.2 Å². The zero-order chi connectivity index (χ0) is 30.6. The molecule has 6 fully saturated rings. The first-order valence-electron chi connectivity index (χ1n) is 16.6. The molecule has 0 radical (unpaired) electrons. The Bertz CT molecular complexity index is 1160. The first-order chi connectivity index (χ1) is 19.6. The number of methoxy groups -OCH3 is 1. The number of fused-ring (bicyclic) bond motifs is 3. The highest BCUT2D eigenvalue weighted by molar-refractivity contribution is 5.82. The Hall–Kier alpha value is -1.21. The summed E-state index contributed by atoms with van der Waals surface area (Å²) in [7, 11) is 1.74. The average molecular weight is 585 g/mol. The summed E-state index contributed by atoms with van der Waals surface area (Å²) in [6, 6.07) is 0. The molecule has 1 aliphatic heterocycles. The minimum Gasteiger partial charge on any atom is -0.459 e. The average Bonchev–Trinajstić information content (AvgIpc) is 3.23. The zero-order valence-corrected chi connectivity index (χ0v) is 27.4. The third kappa shape index (κ3) is 3.93. The van der Waals surface area contributed by atoms with Crippen LogP contribution in [0.1, 0.15) is 106 Å². The van der Waals surface area contributed by atoms with Crippen LogP contribution in [0.4, 0.5) is 0 Å². The number of esters is 1. The molecule has 0 spiro atoms. The molecule has 42 heavy (non-hydrogen) atoms. The van der Waals surface area contributed by atoms with Crippen molar-refractivity contribution in [2.75, 3.05) is 7.11 Å². The van der Waals surface area contributed by atoms with Gasteiger partial charge in [-0.15, -0.1) is 0 Å². The Morgan fingerprint density at radius 1 is 1.02 bits per heavy atom. The molecule has 2 N–H and O–H groups in total. The summed E-state index contributed by atoms with van der Waals surface area (Å²) in [5.74, 6) is 1.24. The molecule has 5 saturated carbocycles. The Morgan fingerprint density at radius 3 is 2.38 bits per heavy atom. The van der Waals surface area contributed by atoms with Crippen molar-refractivity contribution in [2.45, 2.75) is 137 Å². The van der Waals surface area contributed by atoms with E-state index in [2.05, 4.69) is 34.3 Å². The third-order valence-electron chi connectivity index (χ3n) is 14.5. The molecular formula is C36H56O6. The van der Waals surface area contributed by atoms with E-state index in [1.807, 2.05) is 20.8 Å². The quantitative estimate of drug-likeness (QED) is 0.208. The maximum absolute atomic E-state index is 12.7. The molecule has 6 rings (SSSR count). The molecule has 5 aliphatic carbocycles. The van der Waals surface area contributed by atoms with Gasteiger partial charge < -0.3 is 24.4 Å². The number of ether oxygens (including phenoxy) is 3. The van der Waals surface area contributed by atoms with E-state index in [9.17, 15) is 15.0 Å². The molecule has 0 amide bonds. The molecule has 0 aromatic rings. The largest absolute Gasteiger partial charge is 0.459 e. The van der Waals surface area contributed by atoms with Gasteiger partial charge in [-0.1, -0.05) is 39.8 Å². The summed E-state index contributed by atoms with van der Waals surface area (Å²) in [4.78, 5) is 12.7. The van der Waals surface area contributed by atoms with Crippen molar-refractivity contribution in [3.05, 3.63) is 23.8 Å². The van der Waals surface area contributed by atoms with Crippen LogP contribution in [0.25, 0.3) is 0 Å².